The summed E-state index contributed by atoms with van der Waals surface area (Å²) in [6.07, 6.45) is 1.69. The first-order valence-electron chi connectivity index (χ1n) is 6.93. The van der Waals surface area contributed by atoms with Crippen LogP contribution in [0, 0.1) is 5.82 Å². The van der Waals surface area contributed by atoms with E-state index in [1.165, 1.54) is 12.1 Å². The molecule has 0 saturated heterocycles. The third-order valence-corrected chi connectivity index (χ3v) is 3.07. The maximum atomic E-state index is 13.6. The highest BCUT2D eigenvalue weighted by molar-refractivity contribution is 5.67. The lowest BCUT2D eigenvalue weighted by atomic mass is 10.2. The molecule has 0 atom stereocenters. The Morgan fingerprint density at radius 1 is 1.24 bits per heavy atom. The average molecular weight is 288 g/mol. The van der Waals surface area contributed by atoms with E-state index in [1.54, 1.807) is 6.20 Å². The summed E-state index contributed by atoms with van der Waals surface area (Å²) < 4.78 is 19.1. The molecule has 6 heteroatoms. The van der Waals surface area contributed by atoms with Crippen LogP contribution in [0.15, 0.2) is 30.5 Å². The minimum atomic E-state index is -0.292. The van der Waals surface area contributed by atoms with Crippen molar-refractivity contribution in [3.63, 3.8) is 0 Å². The van der Waals surface area contributed by atoms with Crippen molar-refractivity contribution in [2.75, 3.05) is 35.6 Å². The molecule has 0 fully saturated rings. The van der Waals surface area contributed by atoms with Gasteiger partial charge in [-0.3, -0.25) is 0 Å². The van der Waals surface area contributed by atoms with Crippen LogP contribution in [0.2, 0.25) is 0 Å². The standard InChI is InChI=1S/C15H17FN4O/c1-2-17-11-5-10(16)6-12(7-11)20-13-8-14-15(19-9-13)18-3-4-21-14/h5-9,17,20H,2-4H2,1H3,(H,18,19). The molecule has 1 aliphatic heterocycles. The lowest BCUT2D eigenvalue weighted by molar-refractivity contribution is 0.321. The highest BCUT2D eigenvalue weighted by atomic mass is 19.1. The van der Waals surface area contributed by atoms with Crippen LogP contribution in [0.3, 0.4) is 0 Å². The molecular formula is C15H17FN4O. The van der Waals surface area contributed by atoms with Crippen molar-refractivity contribution >= 4 is 22.9 Å². The third-order valence-electron chi connectivity index (χ3n) is 3.07. The number of hydrogen-bond donors (Lipinski definition) is 3. The topological polar surface area (TPSA) is 58.2 Å². The van der Waals surface area contributed by atoms with Gasteiger partial charge in [-0.05, 0) is 25.1 Å². The van der Waals surface area contributed by atoms with Crippen LogP contribution in [-0.4, -0.2) is 24.7 Å². The Morgan fingerprint density at radius 2 is 2.10 bits per heavy atom. The Balaban J connectivity index is 1.83. The summed E-state index contributed by atoms with van der Waals surface area (Å²) in [5.41, 5.74) is 2.16. The molecule has 1 aromatic heterocycles. The number of halogens is 1. The van der Waals surface area contributed by atoms with Crippen LogP contribution in [-0.2, 0) is 0 Å². The summed E-state index contributed by atoms with van der Waals surface area (Å²) in [6.45, 7) is 4.07. The van der Waals surface area contributed by atoms with Crippen molar-refractivity contribution in [2.45, 2.75) is 6.92 Å². The summed E-state index contributed by atoms with van der Waals surface area (Å²) in [7, 11) is 0. The fraction of sp³-hybridized carbons (Fsp3) is 0.267. The van der Waals surface area contributed by atoms with Gasteiger partial charge in [-0.2, -0.15) is 0 Å². The Morgan fingerprint density at radius 3 is 2.95 bits per heavy atom. The van der Waals surface area contributed by atoms with Crippen molar-refractivity contribution < 1.29 is 9.13 Å². The molecule has 0 radical (unpaired) electrons. The highest BCUT2D eigenvalue weighted by Gasteiger charge is 2.11. The number of rotatable bonds is 4. The van der Waals surface area contributed by atoms with Gasteiger partial charge in [0, 0.05) is 24.0 Å². The van der Waals surface area contributed by atoms with Gasteiger partial charge in [-0.1, -0.05) is 0 Å². The summed E-state index contributed by atoms with van der Waals surface area (Å²) in [5.74, 6) is 1.15. The first-order valence-corrected chi connectivity index (χ1v) is 6.93. The Hall–Kier alpha value is -2.50. The SMILES string of the molecule is CCNc1cc(F)cc(Nc2cnc3c(c2)OCCN3)c1. The van der Waals surface area contributed by atoms with Crippen LogP contribution in [0.4, 0.5) is 27.3 Å². The normalized spacial score (nSPS) is 12.9. The molecule has 0 unspecified atom stereocenters. The van der Waals surface area contributed by atoms with Crippen molar-refractivity contribution in [3.8, 4) is 5.75 Å². The summed E-state index contributed by atoms with van der Waals surface area (Å²) >= 11 is 0. The van der Waals surface area contributed by atoms with Gasteiger partial charge in [0.05, 0.1) is 18.4 Å². The molecule has 110 valence electrons. The van der Waals surface area contributed by atoms with Gasteiger partial charge in [0.1, 0.15) is 12.4 Å². The lowest BCUT2D eigenvalue weighted by Crippen LogP contribution is -2.19. The van der Waals surface area contributed by atoms with Crippen molar-refractivity contribution in [1.82, 2.24) is 4.98 Å². The van der Waals surface area contributed by atoms with Gasteiger partial charge in [0.2, 0.25) is 0 Å². The van der Waals surface area contributed by atoms with Gasteiger partial charge in [0.15, 0.2) is 11.6 Å². The zero-order valence-corrected chi connectivity index (χ0v) is 11.7. The molecule has 0 saturated carbocycles. The predicted octanol–water partition coefficient (Wildman–Crippen LogP) is 3.20. The molecular weight excluding hydrogens is 271 g/mol. The molecule has 3 N–H and O–H groups in total. The largest absolute Gasteiger partial charge is 0.488 e. The Bertz CT molecular complexity index is 648. The van der Waals surface area contributed by atoms with Crippen molar-refractivity contribution in [2.24, 2.45) is 0 Å². The zero-order chi connectivity index (χ0) is 14.7. The minimum absolute atomic E-state index is 0.292. The summed E-state index contributed by atoms with van der Waals surface area (Å²) in [6, 6.07) is 6.61. The molecule has 3 rings (SSSR count). The molecule has 0 bridgehead atoms. The van der Waals surface area contributed by atoms with Gasteiger partial charge in [-0.25, -0.2) is 9.37 Å². The number of anilines is 4. The van der Waals surface area contributed by atoms with Crippen LogP contribution in [0.5, 0.6) is 5.75 Å². The minimum Gasteiger partial charge on any atom is -0.488 e. The first kappa shape index (κ1) is 13.5. The maximum absolute atomic E-state index is 13.6. The zero-order valence-electron chi connectivity index (χ0n) is 11.7. The summed E-state index contributed by atoms with van der Waals surface area (Å²) in [5, 5.41) is 9.39. The van der Waals surface area contributed by atoms with E-state index >= 15 is 0 Å². The summed E-state index contributed by atoms with van der Waals surface area (Å²) in [4.78, 5) is 4.29. The van der Waals surface area contributed by atoms with E-state index in [4.69, 9.17) is 4.74 Å². The third kappa shape index (κ3) is 3.16. The van der Waals surface area contributed by atoms with Crippen LogP contribution in [0.25, 0.3) is 0 Å². The molecule has 1 aromatic carbocycles. The molecule has 2 aromatic rings. The second-order valence-electron chi connectivity index (χ2n) is 4.73. The van der Waals surface area contributed by atoms with E-state index in [1.807, 2.05) is 19.1 Å². The molecule has 0 aliphatic carbocycles. The van der Waals surface area contributed by atoms with Crippen molar-refractivity contribution in [1.29, 1.82) is 0 Å². The fourth-order valence-corrected chi connectivity index (χ4v) is 2.22. The quantitative estimate of drug-likeness (QED) is 0.806. The van der Waals surface area contributed by atoms with E-state index in [0.29, 0.717) is 18.0 Å². The maximum Gasteiger partial charge on any atom is 0.169 e. The highest BCUT2D eigenvalue weighted by Crippen LogP contribution is 2.29. The predicted molar refractivity (Wildman–Crippen MR) is 82.1 cm³/mol. The second-order valence-corrected chi connectivity index (χ2v) is 4.73. The number of nitrogens with zero attached hydrogens (tertiary/aromatic N) is 1. The molecule has 21 heavy (non-hydrogen) atoms. The monoisotopic (exact) mass is 288 g/mol. The van der Waals surface area contributed by atoms with Gasteiger partial charge >= 0.3 is 0 Å². The van der Waals surface area contributed by atoms with Crippen LogP contribution < -0.4 is 20.7 Å². The number of hydrogen-bond acceptors (Lipinski definition) is 5. The van der Waals surface area contributed by atoms with E-state index in [-0.39, 0.29) is 5.82 Å². The van der Waals surface area contributed by atoms with E-state index in [0.717, 1.165) is 30.3 Å². The molecule has 2 heterocycles. The van der Waals surface area contributed by atoms with E-state index in [9.17, 15) is 4.39 Å². The Labute approximate surface area is 122 Å². The van der Waals surface area contributed by atoms with Crippen molar-refractivity contribution in [3.05, 3.63) is 36.3 Å². The van der Waals surface area contributed by atoms with Gasteiger partial charge < -0.3 is 20.7 Å². The number of nitrogens with one attached hydrogen (secondary N) is 3. The lowest BCUT2D eigenvalue weighted by Gasteiger charge is -2.19. The van der Waals surface area contributed by atoms with E-state index in [2.05, 4.69) is 20.9 Å². The fourth-order valence-electron chi connectivity index (χ4n) is 2.22. The first-order chi connectivity index (χ1) is 10.2. The van der Waals surface area contributed by atoms with Gasteiger partial charge in [-0.15, -0.1) is 0 Å². The number of aromatic nitrogens is 1. The number of pyridine rings is 1. The van der Waals surface area contributed by atoms with E-state index < -0.39 is 0 Å². The number of fused-ring (bicyclic) bond motifs is 1. The molecule has 0 amide bonds. The second kappa shape index (κ2) is 5.87. The molecule has 0 spiro atoms. The Kier molecular flexibility index (Phi) is 3.77. The molecule has 5 nitrogen and oxygen atoms in total. The van der Waals surface area contributed by atoms with Gasteiger partial charge in [0.25, 0.3) is 0 Å². The van der Waals surface area contributed by atoms with Crippen LogP contribution in [0.1, 0.15) is 6.92 Å². The van der Waals surface area contributed by atoms with Crippen LogP contribution >= 0.6 is 0 Å². The molecule has 1 aliphatic rings. The number of benzene rings is 1. The smallest absolute Gasteiger partial charge is 0.169 e. The average Bonchev–Trinajstić information content (AvgIpc) is 2.47. The number of ether oxygens (including phenoxy) is 1.